The Bertz CT molecular complexity index is 534. The highest BCUT2D eigenvalue weighted by Crippen LogP contribution is 2.25. The average molecular weight is 216 g/mol. The number of methoxy groups -OCH3 is 1. The van der Waals surface area contributed by atoms with E-state index < -0.39 is 53.6 Å². The molecule has 0 fully saturated rings. The number of carbonyl (C=O) groups excluding carboxylic acids is 1. The predicted octanol–water partition coefficient (Wildman–Crippen LogP) is 0.141. The van der Waals surface area contributed by atoms with Crippen molar-refractivity contribution in [1.82, 2.24) is 0 Å². The van der Waals surface area contributed by atoms with Gasteiger partial charge in [0.25, 0.3) is 0 Å². The number of phenols is 2. The van der Waals surface area contributed by atoms with Gasteiger partial charge in [-0.1, -0.05) is 6.04 Å². The van der Waals surface area contributed by atoms with Crippen LogP contribution in [0.2, 0.25) is 0 Å². The molecule has 1 aromatic carbocycles. The molecule has 5 heteroatoms. The fourth-order valence-electron chi connectivity index (χ4n) is 0.808. The van der Waals surface area contributed by atoms with Crippen LogP contribution < -0.4 is 5.73 Å². The lowest BCUT2D eigenvalue weighted by atomic mass is 10.1. The van der Waals surface area contributed by atoms with Crippen molar-refractivity contribution in [2.24, 2.45) is 5.73 Å². The molecule has 0 saturated heterocycles. The maximum Gasteiger partial charge on any atom is 0.322 e. The number of hydrogen-bond donors (Lipinski definition) is 3. The second-order valence-electron chi connectivity index (χ2n) is 2.58. The number of carbonyl (C=O) groups is 1. The Morgan fingerprint density at radius 1 is 1.73 bits per heavy atom. The van der Waals surface area contributed by atoms with E-state index in [9.17, 15) is 15.0 Å². The molecule has 0 heterocycles. The van der Waals surface area contributed by atoms with E-state index in [1.807, 2.05) is 0 Å². The molecule has 0 amide bonds. The van der Waals surface area contributed by atoms with Crippen LogP contribution in [0.3, 0.4) is 0 Å². The molecule has 0 unspecified atom stereocenters. The number of rotatable bonds is 3. The zero-order valence-electron chi connectivity index (χ0n) is 12.9. The van der Waals surface area contributed by atoms with Crippen molar-refractivity contribution in [1.29, 1.82) is 0 Å². The first-order valence-corrected chi connectivity index (χ1v) is 3.88. The minimum atomic E-state index is -2.63. The molecule has 0 saturated carbocycles. The summed E-state index contributed by atoms with van der Waals surface area (Å²) in [5, 5.41) is 18.8. The van der Waals surface area contributed by atoms with E-state index in [0.29, 0.717) is 0 Å². The van der Waals surface area contributed by atoms with Gasteiger partial charge < -0.3 is 20.7 Å². The summed E-state index contributed by atoms with van der Waals surface area (Å²) in [4.78, 5) is 11.4. The molecule has 0 aliphatic heterocycles. The van der Waals surface area contributed by atoms with Gasteiger partial charge in [-0.3, -0.25) is 4.79 Å². The smallest absolute Gasteiger partial charge is 0.322 e. The van der Waals surface area contributed by atoms with Crippen LogP contribution in [-0.4, -0.2) is 29.3 Å². The fourth-order valence-corrected chi connectivity index (χ4v) is 0.808. The van der Waals surface area contributed by atoms with Gasteiger partial charge in [-0.15, -0.1) is 0 Å². The van der Waals surface area contributed by atoms with Crippen molar-refractivity contribution in [2.75, 3.05) is 7.11 Å². The molecule has 0 spiro atoms. The quantitative estimate of drug-likeness (QED) is 0.493. The lowest BCUT2D eigenvalue weighted by Gasteiger charge is -2.09. The van der Waals surface area contributed by atoms with Crippen molar-refractivity contribution < 1.29 is 26.6 Å². The molecular weight excluding hydrogens is 198 g/mol. The van der Waals surface area contributed by atoms with Crippen LogP contribution in [0.1, 0.15) is 12.4 Å². The summed E-state index contributed by atoms with van der Waals surface area (Å²) < 4.78 is 42.2. The first-order valence-electron chi connectivity index (χ1n) is 6.46. The summed E-state index contributed by atoms with van der Waals surface area (Å²) in [6, 6.07) is -5.06. The molecule has 0 radical (unpaired) electrons. The third-order valence-corrected chi connectivity index (χ3v) is 1.51. The topological polar surface area (TPSA) is 92.8 Å². The Hall–Kier alpha value is -1.75. The zero-order chi connectivity index (χ0) is 15.8. The monoisotopic (exact) mass is 216 g/mol. The van der Waals surface area contributed by atoms with Gasteiger partial charge in [0.15, 0.2) is 11.5 Å². The van der Waals surface area contributed by atoms with Crippen LogP contribution >= 0.6 is 0 Å². The summed E-state index contributed by atoms with van der Waals surface area (Å²) >= 11 is 0. The maximum atomic E-state index is 11.4. The normalized spacial score (nSPS) is 21.1. The second kappa shape index (κ2) is 4.65. The average Bonchev–Trinajstić information content (AvgIpc) is 2.41. The summed E-state index contributed by atoms with van der Waals surface area (Å²) in [5.41, 5.74) is 4.74. The van der Waals surface area contributed by atoms with Gasteiger partial charge in [-0.2, -0.15) is 0 Å². The Kier molecular flexibility index (Phi) is 1.85. The van der Waals surface area contributed by atoms with Crippen molar-refractivity contribution >= 4 is 5.97 Å². The number of esters is 1. The predicted molar refractivity (Wildman–Crippen MR) is 53.5 cm³/mol. The molecular formula is C10H13NO4. The van der Waals surface area contributed by atoms with Crippen LogP contribution in [0.25, 0.3) is 0 Å². The van der Waals surface area contributed by atoms with E-state index in [4.69, 9.17) is 12.6 Å². The highest BCUT2D eigenvalue weighted by atomic mass is 16.5. The minimum absolute atomic E-state index is 0.617. The van der Waals surface area contributed by atoms with E-state index in [2.05, 4.69) is 4.74 Å². The van der Waals surface area contributed by atoms with E-state index in [0.717, 1.165) is 7.11 Å². The molecule has 0 aliphatic carbocycles. The molecule has 1 rings (SSSR count). The first-order chi connectivity index (χ1) is 9.07. The molecule has 1 aromatic rings. The lowest BCUT2D eigenvalue weighted by Crippen LogP contribution is -2.33. The fraction of sp³-hybridized carbons (Fsp3) is 0.300. The number of aromatic hydroxyl groups is 2. The van der Waals surface area contributed by atoms with Gasteiger partial charge in [0.05, 0.1) is 12.6 Å². The third kappa shape index (κ3) is 2.85. The summed E-state index contributed by atoms with van der Waals surface area (Å²) in [7, 11) is 0.957. The third-order valence-electron chi connectivity index (χ3n) is 1.51. The van der Waals surface area contributed by atoms with Gasteiger partial charge in [0.1, 0.15) is 6.02 Å². The molecule has 15 heavy (non-hydrogen) atoms. The maximum absolute atomic E-state index is 11.4. The zero-order valence-corrected chi connectivity index (χ0v) is 7.87. The molecule has 82 valence electrons. The van der Waals surface area contributed by atoms with Crippen LogP contribution in [0.4, 0.5) is 0 Å². The number of hydrogen-bond acceptors (Lipinski definition) is 5. The molecule has 0 aliphatic rings. The van der Waals surface area contributed by atoms with Gasteiger partial charge in [0, 0.05) is 1.37 Å². The van der Waals surface area contributed by atoms with Crippen LogP contribution in [0, 0.1) is 0 Å². The van der Waals surface area contributed by atoms with Crippen molar-refractivity contribution in [3.8, 4) is 11.5 Å². The Morgan fingerprint density at radius 3 is 3.00 bits per heavy atom. The van der Waals surface area contributed by atoms with Gasteiger partial charge in [-0.05, 0) is 24.0 Å². The van der Waals surface area contributed by atoms with Gasteiger partial charge in [0.2, 0.25) is 0 Å². The number of benzene rings is 1. The molecule has 4 N–H and O–H groups in total. The van der Waals surface area contributed by atoms with E-state index in [1.165, 1.54) is 0 Å². The van der Waals surface area contributed by atoms with E-state index in [-0.39, 0.29) is 0 Å². The Morgan fingerprint density at radius 2 is 2.40 bits per heavy atom. The van der Waals surface area contributed by atoms with Crippen molar-refractivity contribution in [2.45, 2.75) is 12.4 Å². The molecule has 5 nitrogen and oxygen atoms in total. The van der Waals surface area contributed by atoms with Crippen molar-refractivity contribution in [3.05, 3.63) is 23.7 Å². The second-order valence-corrected chi connectivity index (χ2v) is 2.58. The minimum Gasteiger partial charge on any atom is -0.504 e. The standard InChI is InChI=1S/C10H13NO4/c1-15-10(14)7(11)4-6-2-3-8(12)9(13)5-6/h2-3,5,7,12-13H,4,11H2,1H3/t7-/m0/s1/i2D,3D,4D,5D,7D/t4-,7-. The van der Waals surface area contributed by atoms with E-state index in [1.54, 1.807) is 0 Å². The molecule has 0 aromatic heterocycles. The highest BCUT2D eigenvalue weighted by molar-refractivity contribution is 5.75. The molecule has 0 bridgehead atoms. The lowest BCUT2D eigenvalue weighted by molar-refractivity contribution is -0.142. The molecule has 2 atom stereocenters. The SMILES string of the molecule is [2H]c1c([2H])c([C@H]([2H])[C@]([2H])(N)C(=O)OC)c([2H])c(O)c1O. The summed E-state index contributed by atoms with van der Waals surface area (Å²) in [6.07, 6.45) is -1.95. The Labute approximate surface area is 94.1 Å². The number of phenolic OH excluding ortho intramolecular Hbond substituents is 2. The van der Waals surface area contributed by atoms with Gasteiger partial charge >= 0.3 is 5.97 Å². The van der Waals surface area contributed by atoms with Crippen LogP contribution in [0.15, 0.2) is 18.1 Å². The Balaban J connectivity index is 3.52. The van der Waals surface area contributed by atoms with Gasteiger partial charge in [-0.25, -0.2) is 0 Å². The summed E-state index contributed by atoms with van der Waals surface area (Å²) in [5.74, 6) is -3.27. The number of ether oxygens (including phenoxy) is 1. The van der Waals surface area contributed by atoms with Crippen LogP contribution in [0.5, 0.6) is 11.5 Å². The highest BCUT2D eigenvalue weighted by Gasteiger charge is 2.14. The summed E-state index contributed by atoms with van der Waals surface area (Å²) in [6.45, 7) is 0. The largest absolute Gasteiger partial charge is 0.504 e. The number of nitrogens with two attached hydrogens (primary N) is 1. The van der Waals surface area contributed by atoms with Crippen molar-refractivity contribution in [3.63, 3.8) is 0 Å². The first kappa shape index (κ1) is 5.97. The van der Waals surface area contributed by atoms with E-state index >= 15 is 0 Å². The van der Waals surface area contributed by atoms with Crippen LogP contribution in [-0.2, 0) is 15.9 Å².